The highest BCUT2D eigenvalue weighted by atomic mass is 32.2. The molecule has 6 nitrogen and oxygen atoms in total. The number of benzene rings is 4. The highest BCUT2D eigenvalue weighted by Gasteiger charge is 2.18. The van der Waals surface area contributed by atoms with E-state index in [9.17, 15) is 14.4 Å². The van der Waals surface area contributed by atoms with Gasteiger partial charge in [-0.2, -0.15) is 0 Å². The maximum atomic E-state index is 13.3. The Hall–Kier alpha value is -4.36. The van der Waals surface area contributed by atoms with Gasteiger partial charge in [-0.1, -0.05) is 54.1 Å². The quantitative estimate of drug-likeness (QED) is 0.180. The topological polar surface area (TPSA) is 84.5 Å². The van der Waals surface area contributed by atoms with Crippen molar-refractivity contribution in [3.05, 3.63) is 119 Å². The molecule has 4 rings (SSSR count). The minimum Gasteiger partial charge on any atom is -0.497 e. The number of carbonyl (C=O) groups excluding carboxylic acids is 3. The number of hydrogen-bond donors (Lipinski definition) is 2. The molecule has 0 aliphatic heterocycles. The summed E-state index contributed by atoms with van der Waals surface area (Å²) >= 11 is 1.57. The molecule has 0 radical (unpaired) electrons. The van der Waals surface area contributed by atoms with Gasteiger partial charge < -0.3 is 15.4 Å². The fourth-order valence-corrected chi connectivity index (χ4v) is 4.68. The van der Waals surface area contributed by atoms with Gasteiger partial charge in [0.25, 0.3) is 5.91 Å². The van der Waals surface area contributed by atoms with Crippen LogP contribution in [0.15, 0.2) is 102 Å². The van der Waals surface area contributed by atoms with E-state index < -0.39 is 5.91 Å². The molecule has 0 heterocycles. The molecule has 0 saturated heterocycles. The molecule has 0 spiro atoms. The van der Waals surface area contributed by atoms with Gasteiger partial charge in [-0.05, 0) is 55.5 Å². The number of rotatable bonds is 10. The van der Waals surface area contributed by atoms with Crippen molar-refractivity contribution in [2.24, 2.45) is 0 Å². The molecule has 0 fully saturated rings. The highest BCUT2D eigenvalue weighted by Crippen LogP contribution is 2.25. The molecule has 4 aromatic rings. The zero-order valence-electron chi connectivity index (χ0n) is 21.2. The van der Waals surface area contributed by atoms with Crippen molar-refractivity contribution in [2.75, 3.05) is 23.5 Å². The number of carbonyl (C=O) groups is 3. The van der Waals surface area contributed by atoms with Crippen molar-refractivity contribution in [1.82, 2.24) is 0 Å². The van der Waals surface area contributed by atoms with E-state index in [1.54, 1.807) is 79.5 Å². The van der Waals surface area contributed by atoms with Crippen LogP contribution in [0.1, 0.15) is 38.3 Å². The first-order valence-corrected chi connectivity index (χ1v) is 13.1. The van der Waals surface area contributed by atoms with Gasteiger partial charge in [0, 0.05) is 28.2 Å². The number of hydrogen-bond acceptors (Lipinski definition) is 5. The average molecular weight is 525 g/mol. The number of ether oxygens (including phenoxy) is 1. The minimum absolute atomic E-state index is 0.180. The van der Waals surface area contributed by atoms with Gasteiger partial charge in [0.15, 0.2) is 5.78 Å². The largest absolute Gasteiger partial charge is 0.497 e. The Morgan fingerprint density at radius 1 is 0.763 bits per heavy atom. The minimum atomic E-state index is -0.417. The fraction of sp³-hybridized carbons (Fsp3) is 0.129. The molecule has 0 unspecified atom stereocenters. The fourth-order valence-electron chi connectivity index (χ4n) is 3.83. The first-order valence-electron chi connectivity index (χ1n) is 12.1. The van der Waals surface area contributed by atoms with E-state index in [2.05, 4.69) is 10.6 Å². The van der Waals surface area contributed by atoms with Crippen LogP contribution < -0.4 is 15.4 Å². The van der Waals surface area contributed by atoms with Crippen LogP contribution in [0.5, 0.6) is 5.75 Å². The Kier molecular flexibility index (Phi) is 8.95. The molecule has 192 valence electrons. The van der Waals surface area contributed by atoms with Crippen LogP contribution in [0.3, 0.4) is 0 Å². The van der Waals surface area contributed by atoms with Gasteiger partial charge in [0.05, 0.1) is 24.0 Å². The molecule has 38 heavy (non-hydrogen) atoms. The molecule has 2 amide bonds. The molecule has 0 aliphatic carbocycles. The highest BCUT2D eigenvalue weighted by molar-refractivity contribution is 7.99. The molecule has 4 aromatic carbocycles. The third-order valence-electron chi connectivity index (χ3n) is 5.81. The first-order chi connectivity index (χ1) is 18.4. The summed E-state index contributed by atoms with van der Waals surface area (Å²) in [6.45, 7) is 1.89. The number of para-hydroxylation sites is 1. The van der Waals surface area contributed by atoms with E-state index in [4.69, 9.17) is 4.74 Å². The lowest BCUT2D eigenvalue weighted by Crippen LogP contribution is -2.19. The maximum Gasteiger partial charge on any atom is 0.257 e. The summed E-state index contributed by atoms with van der Waals surface area (Å²) in [5, 5.41) is 5.72. The predicted molar refractivity (Wildman–Crippen MR) is 152 cm³/mol. The maximum absolute atomic E-state index is 13.3. The molecular weight excluding hydrogens is 496 g/mol. The second-order valence-electron chi connectivity index (χ2n) is 8.57. The van der Waals surface area contributed by atoms with Crippen LogP contribution in [0.25, 0.3) is 0 Å². The van der Waals surface area contributed by atoms with Crippen molar-refractivity contribution in [3.8, 4) is 5.75 Å². The Labute approximate surface area is 226 Å². The van der Waals surface area contributed by atoms with E-state index in [0.717, 1.165) is 16.2 Å². The van der Waals surface area contributed by atoms with Crippen molar-refractivity contribution in [3.63, 3.8) is 0 Å². The monoisotopic (exact) mass is 524 g/mol. The summed E-state index contributed by atoms with van der Waals surface area (Å²) in [6.07, 6.45) is 0.278. The van der Waals surface area contributed by atoms with Crippen molar-refractivity contribution in [2.45, 2.75) is 18.2 Å². The summed E-state index contributed by atoms with van der Waals surface area (Å²) in [5.41, 5.74) is 2.97. The van der Waals surface area contributed by atoms with Crippen LogP contribution in [-0.2, 0) is 4.79 Å². The Morgan fingerprint density at radius 3 is 2.18 bits per heavy atom. The van der Waals surface area contributed by atoms with Crippen LogP contribution >= 0.6 is 11.8 Å². The number of methoxy groups -OCH3 is 1. The number of anilines is 2. The van der Waals surface area contributed by atoms with Crippen molar-refractivity contribution in [1.29, 1.82) is 0 Å². The summed E-state index contributed by atoms with van der Waals surface area (Å²) < 4.78 is 5.17. The van der Waals surface area contributed by atoms with E-state index >= 15 is 0 Å². The summed E-state index contributed by atoms with van der Waals surface area (Å²) in [6, 6.07) is 28.7. The van der Waals surface area contributed by atoms with Gasteiger partial charge in [0.1, 0.15) is 5.75 Å². The summed E-state index contributed by atoms with van der Waals surface area (Å²) in [7, 11) is 1.62. The molecule has 0 atom stereocenters. The lowest BCUT2D eigenvalue weighted by atomic mass is 9.99. The lowest BCUT2D eigenvalue weighted by Gasteiger charge is -2.14. The van der Waals surface area contributed by atoms with Crippen LogP contribution in [0.2, 0.25) is 0 Å². The normalized spacial score (nSPS) is 10.5. The standard InChI is InChI=1S/C31H28N2O4S/c1-21-12-17-28(26(20-21)30(35)22-8-4-3-5-9-22)33-31(36)25-10-6-7-11-27(25)32-29(34)18-19-38-24-15-13-23(37-2)14-16-24/h3-17,20H,18-19H2,1-2H3,(H,32,34)(H,33,36). The number of ketones is 1. The van der Waals surface area contributed by atoms with Gasteiger partial charge >= 0.3 is 0 Å². The number of thioether (sulfide) groups is 1. The zero-order valence-corrected chi connectivity index (χ0v) is 22.0. The van der Waals surface area contributed by atoms with E-state index in [1.807, 2.05) is 43.3 Å². The molecule has 0 bridgehead atoms. The molecule has 0 aliphatic rings. The molecule has 7 heteroatoms. The summed E-state index contributed by atoms with van der Waals surface area (Å²) in [4.78, 5) is 40.1. The smallest absolute Gasteiger partial charge is 0.257 e. The van der Waals surface area contributed by atoms with Crippen LogP contribution in [-0.4, -0.2) is 30.5 Å². The van der Waals surface area contributed by atoms with E-state index in [0.29, 0.717) is 33.8 Å². The van der Waals surface area contributed by atoms with Crippen LogP contribution in [0.4, 0.5) is 11.4 Å². The Balaban J connectivity index is 1.43. The average Bonchev–Trinajstić information content (AvgIpc) is 2.94. The molecule has 2 N–H and O–H groups in total. The lowest BCUT2D eigenvalue weighted by molar-refractivity contribution is -0.115. The van der Waals surface area contributed by atoms with Gasteiger partial charge in [-0.15, -0.1) is 11.8 Å². The van der Waals surface area contributed by atoms with Gasteiger partial charge in [-0.25, -0.2) is 0 Å². The third kappa shape index (κ3) is 6.89. The van der Waals surface area contributed by atoms with E-state index in [1.165, 1.54) is 0 Å². The third-order valence-corrected chi connectivity index (χ3v) is 6.82. The number of nitrogens with one attached hydrogen (secondary N) is 2. The first kappa shape index (κ1) is 26.7. The van der Waals surface area contributed by atoms with Crippen molar-refractivity contribution >= 4 is 40.7 Å². The number of aryl methyl sites for hydroxylation is 1. The van der Waals surface area contributed by atoms with Gasteiger partial charge in [-0.3, -0.25) is 14.4 Å². The SMILES string of the molecule is COc1ccc(SCCC(=O)Nc2ccccc2C(=O)Nc2ccc(C)cc2C(=O)c2ccccc2)cc1. The summed E-state index contributed by atoms with van der Waals surface area (Å²) in [5.74, 6) is 0.576. The number of amides is 2. The Morgan fingerprint density at radius 2 is 1.45 bits per heavy atom. The second kappa shape index (κ2) is 12.7. The van der Waals surface area contributed by atoms with E-state index in [-0.39, 0.29) is 18.1 Å². The molecule has 0 saturated carbocycles. The van der Waals surface area contributed by atoms with Crippen LogP contribution in [0, 0.1) is 6.92 Å². The zero-order chi connectivity index (χ0) is 26.9. The molecule has 0 aromatic heterocycles. The predicted octanol–water partition coefficient (Wildman–Crippen LogP) is 6.61. The van der Waals surface area contributed by atoms with Crippen molar-refractivity contribution < 1.29 is 19.1 Å². The molecular formula is C31H28N2O4S. The Bertz CT molecular complexity index is 1440. The van der Waals surface area contributed by atoms with Gasteiger partial charge in [0.2, 0.25) is 5.91 Å². The second-order valence-corrected chi connectivity index (χ2v) is 9.73.